The summed E-state index contributed by atoms with van der Waals surface area (Å²) in [5.41, 5.74) is 3.20. The maximum atomic E-state index is 12.5. The number of benzene rings is 2. The summed E-state index contributed by atoms with van der Waals surface area (Å²) in [4.78, 5) is 17.0. The number of nitrogens with zero attached hydrogens (tertiary/aromatic N) is 1. The number of fused-ring (bicyclic) bond motifs is 1. The molecule has 0 aliphatic carbocycles. The van der Waals surface area contributed by atoms with E-state index in [-0.39, 0.29) is 5.91 Å². The van der Waals surface area contributed by atoms with Gasteiger partial charge in [0.15, 0.2) is 0 Å². The van der Waals surface area contributed by atoms with Gasteiger partial charge in [-0.2, -0.15) is 0 Å². The number of nitrogens with one attached hydrogen (secondary N) is 3. The predicted octanol–water partition coefficient (Wildman–Crippen LogP) is 3.26. The number of carbonyl (C=O) groups excluding carboxylic acids is 1. The molecule has 4 rings (SSSR count). The molecule has 1 fully saturated rings. The van der Waals surface area contributed by atoms with Crippen LogP contribution in [0.2, 0.25) is 0 Å². The Morgan fingerprint density at radius 3 is 2.68 bits per heavy atom. The van der Waals surface area contributed by atoms with Gasteiger partial charge in [0, 0.05) is 35.4 Å². The van der Waals surface area contributed by atoms with Crippen molar-refractivity contribution in [1.29, 1.82) is 0 Å². The largest absolute Gasteiger partial charge is 0.380 e. The first kappa shape index (κ1) is 15.6. The van der Waals surface area contributed by atoms with Crippen LogP contribution in [0.3, 0.4) is 0 Å². The van der Waals surface area contributed by atoms with Crippen molar-refractivity contribution in [2.24, 2.45) is 0 Å². The molecule has 3 aromatic rings. The normalized spacial score (nSPS) is 16.7. The summed E-state index contributed by atoms with van der Waals surface area (Å²) < 4.78 is 0. The Kier molecular flexibility index (Phi) is 4.31. The van der Waals surface area contributed by atoms with Crippen molar-refractivity contribution < 1.29 is 4.79 Å². The molecule has 126 valence electrons. The van der Waals surface area contributed by atoms with Crippen LogP contribution in [-0.4, -0.2) is 30.0 Å². The van der Waals surface area contributed by atoms with Crippen molar-refractivity contribution in [3.63, 3.8) is 0 Å². The van der Waals surface area contributed by atoms with Crippen LogP contribution in [0.1, 0.15) is 16.8 Å². The molecule has 1 atom stereocenters. The lowest BCUT2D eigenvalue weighted by molar-refractivity contribution is 0.102. The molecule has 1 unspecified atom stereocenters. The van der Waals surface area contributed by atoms with Crippen LogP contribution in [0.25, 0.3) is 10.9 Å². The molecule has 0 bridgehead atoms. The average Bonchev–Trinajstić information content (AvgIpc) is 3.17. The second-order valence-electron chi connectivity index (χ2n) is 6.21. The van der Waals surface area contributed by atoms with E-state index in [0.29, 0.717) is 11.6 Å². The average molecular weight is 332 g/mol. The second-order valence-corrected chi connectivity index (χ2v) is 6.21. The smallest absolute Gasteiger partial charge is 0.255 e. The molecule has 0 spiro atoms. The van der Waals surface area contributed by atoms with E-state index < -0.39 is 0 Å². The Hall–Kier alpha value is -2.92. The highest BCUT2D eigenvalue weighted by atomic mass is 16.1. The molecule has 5 nitrogen and oxygen atoms in total. The summed E-state index contributed by atoms with van der Waals surface area (Å²) in [7, 11) is 0. The first-order valence-electron chi connectivity index (χ1n) is 8.52. The van der Waals surface area contributed by atoms with Gasteiger partial charge in [0.2, 0.25) is 0 Å². The highest BCUT2D eigenvalue weighted by molar-refractivity contribution is 6.10. The minimum absolute atomic E-state index is 0.131. The van der Waals surface area contributed by atoms with E-state index in [9.17, 15) is 4.79 Å². The van der Waals surface area contributed by atoms with Gasteiger partial charge in [-0.25, -0.2) is 0 Å². The van der Waals surface area contributed by atoms with E-state index >= 15 is 0 Å². The van der Waals surface area contributed by atoms with E-state index in [2.05, 4.69) is 20.9 Å². The minimum Gasteiger partial charge on any atom is -0.380 e. The summed E-state index contributed by atoms with van der Waals surface area (Å²) in [6.45, 7) is 2.01. The number of hydrogen-bond donors (Lipinski definition) is 3. The van der Waals surface area contributed by atoms with Gasteiger partial charge in [-0.15, -0.1) is 0 Å². The first-order valence-corrected chi connectivity index (χ1v) is 8.52. The van der Waals surface area contributed by atoms with Crippen molar-refractivity contribution in [2.45, 2.75) is 12.5 Å². The van der Waals surface area contributed by atoms with Gasteiger partial charge in [-0.05, 0) is 49.4 Å². The lowest BCUT2D eigenvalue weighted by Crippen LogP contribution is -2.22. The molecule has 1 aromatic heterocycles. The number of amides is 1. The van der Waals surface area contributed by atoms with Gasteiger partial charge < -0.3 is 16.0 Å². The van der Waals surface area contributed by atoms with Gasteiger partial charge in [-0.1, -0.05) is 18.2 Å². The van der Waals surface area contributed by atoms with Crippen molar-refractivity contribution >= 4 is 28.2 Å². The molecule has 5 heteroatoms. The third kappa shape index (κ3) is 3.32. The fourth-order valence-corrected chi connectivity index (χ4v) is 3.18. The predicted molar refractivity (Wildman–Crippen MR) is 101 cm³/mol. The van der Waals surface area contributed by atoms with Crippen molar-refractivity contribution in [1.82, 2.24) is 10.3 Å². The molecule has 2 heterocycles. The molecule has 3 N–H and O–H groups in total. The SMILES string of the molecule is O=C(Nc1ccc(NC2CCNC2)c2cccnc12)c1ccccc1. The summed E-state index contributed by atoms with van der Waals surface area (Å²) >= 11 is 0. The standard InChI is InChI=1S/C20H20N4O/c25-20(14-5-2-1-3-6-14)24-18-9-8-17(23-15-10-12-21-13-15)16-7-4-11-22-19(16)18/h1-9,11,15,21,23H,10,12-13H2,(H,24,25). The first-order chi connectivity index (χ1) is 12.3. The van der Waals surface area contributed by atoms with E-state index in [1.807, 2.05) is 42.5 Å². The number of aromatic nitrogens is 1. The number of anilines is 2. The van der Waals surface area contributed by atoms with Gasteiger partial charge in [0.25, 0.3) is 5.91 Å². The van der Waals surface area contributed by atoms with Crippen LogP contribution in [-0.2, 0) is 0 Å². The molecule has 0 saturated carbocycles. The zero-order valence-corrected chi connectivity index (χ0v) is 13.8. The fraction of sp³-hybridized carbons (Fsp3) is 0.200. The zero-order chi connectivity index (χ0) is 17.1. The van der Waals surface area contributed by atoms with Gasteiger partial charge >= 0.3 is 0 Å². The van der Waals surface area contributed by atoms with Crippen LogP contribution in [0.4, 0.5) is 11.4 Å². The molecule has 1 amide bonds. The Bertz CT molecular complexity index is 889. The molecular weight excluding hydrogens is 312 g/mol. The molecule has 1 aliphatic rings. The Balaban J connectivity index is 1.65. The lowest BCUT2D eigenvalue weighted by Gasteiger charge is -2.16. The third-order valence-corrected chi connectivity index (χ3v) is 4.47. The van der Waals surface area contributed by atoms with Crippen LogP contribution in [0.5, 0.6) is 0 Å². The molecule has 1 aliphatic heterocycles. The van der Waals surface area contributed by atoms with Crippen molar-refractivity contribution in [3.8, 4) is 0 Å². The summed E-state index contributed by atoms with van der Waals surface area (Å²) in [5.74, 6) is -0.131. The lowest BCUT2D eigenvalue weighted by atomic mass is 10.1. The van der Waals surface area contributed by atoms with Crippen LogP contribution < -0.4 is 16.0 Å². The fourth-order valence-electron chi connectivity index (χ4n) is 3.18. The Morgan fingerprint density at radius 2 is 1.88 bits per heavy atom. The Labute approximate surface area is 146 Å². The van der Waals surface area contributed by atoms with Gasteiger partial charge in [0.1, 0.15) is 0 Å². The summed E-state index contributed by atoms with van der Waals surface area (Å²) in [6.07, 6.45) is 2.86. The van der Waals surface area contributed by atoms with E-state index in [1.54, 1.807) is 18.3 Å². The second kappa shape index (κ2) is 6.91. The maximum Gasteiger partial charge on any atom is 0.255 e. The zero-order valence-electron chi connectivity index (χ0n) is 13.8. The quantitative estimate of drug-likeness (QED) is 0.686. The minimum atomic E-state index is -0.131. The van der Waals surface area contributed by atoms with Crippen LogP contribution >= 0.6 is 0 Å². The Morgan fingerprint density at radius 1 is 1.04 bits per heavy atom. The highest BCUT2D eigenvalue weighted by Crippen LogP contribution is 2.29. The highest BCUT2D eigenvalue weighted by Gasteiger charge is 2.16. The van der Waals surface area contributed by atoms with E-state index in [4.69, 9.17) is 0 Å². The molecule has 1 saturated heterocycles. The number of pyridine rings is 1. The van der Waals surface area contributed by atoms with E-state index in [1.165, 1.54) is 0 Å². The van der Waals surface area contributed by atoms with Crippen LogP contribution in [0.15, 0.2) is 60.8 Å². The van der Waals surface area contributed by atoms with Crippen LogP contribution in [0, 0.1) is 0 Å². The third-order valence-electron chi connectivity index (χ3n) is 4.47. The summed E-state index contributed by atoms with van der Waals surface area (Å²) in [6, 6.07) is 17.5. The molecule has 2 aromatic carbocycles. The monoisotopic (exact) mass is 332 g/mol. The molecular formula is C20H20N4O. The molecule has 25 heavy (non-hydrogen) atoms. The van der Waals surface area contributed by atoms with E-state index in [0.717, 1.165) is 41.8 Å². The maximum absolute atomic E-state index is 12.5. The summed E-state index contributed by atoms with van der Waals surface area (Å²) in [5, 5.41) is 10.9. The topological polar surface area (TPSA) is 66.1 Å². The molecule has 0 radical (unpaired) electrons. The van der Waals surface area contributed by atoms with Gasteiger partial charge in [0.05, 0.1) is 11.2 Å². The van der Waals surface area contributed by atoms with Crippen molar-refractivity contribution in [3.05, 3.63) is 66.4 Å². The number of rotatable bonds is 4. The number of carbonyl (C=O) groups is 1. The number of hydrogen-bond acceptors (Lipinski definition) is 4. The van der Waals surface area contributed by atoms with Crippen molar-refractivity contribution in [2.75, 3.05) is 23.7 Å². The van der Waals surface area contributed by atoms with Gasteiger partial charge in [-0.3, -0.25) is 9.78 Å².